The minimum atomic E-state index is -0.204. The Bertz CT molecular complexity index is 732. The largest absolute Gasteiger partial charge is 0.451 e. The van der Waals surface area contributed by atoms with Gasteiger partial charge in [0.25, 0.3) is 5.91 Å². The van der Waals surface area contributed by atoms with E-state index in [1.165, 1.54) is 0 Å². The third-order valence-corrected chi connectivity index (χ3v) is 4.74. The summed E-state index contributed by atoms with van der Waals surface area (Å²) in [6.07, 6.45) is 0. The molecule has 2 aromatic rings. The third-order valence-electron chi connectivity index (χ3n) is 4.74. The normalized spacial score (nSPS) is 16.3. The zero-order valence-electron chi connectivity index (χ0n) is 15.1. The molecule has 0 radical (unpaired) electrons. The van der Waals surface area contributed by atoms with E-state index in [9.17, 15) is 4.79 Å². The van der Waals surface area contributed by atoms with E-state index in [0.29, 0.717) is 24.5 Å². The number of fused-ring (bicyclic) bond motifs is 1. The van der Waals surface area contributed by atoms with E-state index >= 15 is 0 Å². The number of benzene rings is 1. The molecule has 25 heavy (non-hydrogen) atoms. The van der Waals surface area contributed by atoms with Crippen LogP contribution in [0.1, 0.15) is 30.0 Å². The number of nitrogens with one attached hydrogen (secondary N) is 1. The van der Waals surface area contributed by atoms with Gasteiger partial charge in [-0.05, 0) is 19.9 Å². The standard InChI is InChI=1S/C19H26N2O4/c1-19(2,21-8-10-24-11-9-21)13-20-18(22)17-15(12-23-3)14-6-4-5-7-16(14)25-17/h4-7H,8-13H2,1-3H3,(H,20,22). The van der Waals surface area contributed by atoms with Gasteiger partial charge in [-0.3, -0.25) is 9.69 Å². The van der Waals surface area contributed by atoms with Crippen LogP contribution in [0.15, 0.2) is 28.7 Å². The highest BCUT2D eigenvalue weighted by Crippen LogP contribution is 2.26. The molecule has 1 amide bonds. The Kier molecular flexibility index (Phi) is 5.42. The Morgan fingerprint density at radius 3 is 2.72 bits per heavy atom. The monoisotopic (exact) mass is 346 g/mol. The average Bonchev–Trinajstić information content (AvgIpc) is 3.00. The van der Waals surface area contributed by atoms with Crippen molar-refractivity contribution in [3.05, 3.63) is 35.6 Å². The number of rotatable bonds is 6. The lowest BCUT2D eigenvalue weighted by Gasteiger charge is -2.40. The fourth-order valence-electron chi connectivity index (χ4n) is 3.23. The molecular weight excluding hydrogens is 320 g/mol. The zero-order valence-corrected chi connectivity index (χ0v) is 15.1. The number of morpholine rings is 1. The van der Waals surface area contributed by atoms with Gasteiger partial charge in [-0.2, -0.15) is 0 Å². The van der Waals surface area contributed by atoms with Crippen molar-refractivity contribution < 1.29 is 18.7 Å². The van der Waals surface area contributed by atoms with Gasteiger partial charge in [0.15, 0.2) is 5.76 Å². The summed E-state index contributed by atoms with van der Waals surface area (Å²) in [5.74, 6) is 0.130. The van der Waals surface area contributed by atoms with Crippen LogP contribution in [0.3, 0.4) is 0 Å². The molecule has 0 atom stereocenters. The fourth-order valence-corrected chi connectivity index (χ4v) is 3.23. The number of furan rings is 1. The molecule has 2 heterocycles. The van der Waals surface area contributed by atoms with Gasteiger partial charge in [0.2, 0.25) is 0 Å². The molecule has 1 N–H and O–H groups in total. The predicted octanol–water partition coefficient (Wildman–Crippen LogP) is 2.42. The maximum absolute atomic E-state index is 12.7. The quantitative estimate of drug-likeness (QED) is 0.870. The Labute approximate surface area is 148 Å². The van der Waals surface area contributed by atoms with Crippen molar-refractivity contribution >= 4 is 16.9 Å². The summed E-state index contributed by atoms with van der Waals surface area (Å²) in [7, 11) is 1.62. The maximum Gasteiger partial charge on any atom is 0.287 e. The molecule has 0 saturated carbocycles. The van der Waals surface area contributed by atoms with Crippen LogP contribution in [0.5, 0.6) is 0 Å². The second-order valence-electron chi connectivity index (χ2n) is 6.93. The number of carbonyl (C=O) groups excluding carboxylic acids is 1. The van der Waals surface area contributed by atoms with Gasteiger partial charge in [-0.15, -0.1) is 0 Å². The average molecular weight is 346 g/mol. The van der Waals surface area contributed by atoms with E-state index < -0.39 is 0 Å². The molecule has 1 aliphatic rings. The second kappa shape index (κ2) is 7.56. The molecule has 6 heteroatoms. The smallest absolute Gasteiger partial charge is 0.287 e. The molecule has 0 unspecified atom stereocenters. The van der Waals surface area contributed by atoms with Crippen molar-refractivity contribution in [2.75, 3.05) is 40.0 Å². The van der Waals surface area contributed by atoms with Crippen molar-refractivity contribution in [1.82, 2.24) is 10.2 Å². The lowest BCUT2D eigenvalue weighted by Crippen LogP contribution is -2.55. The van der Waals surface area contributed by atoms with Gasteiger partial charge < -0.3 is 19.2 Å². The first-order valence-corrected chi connectivity index (χ1v) is 8.63. The van der Waals surface area contributed by atoms with E-state index in [4.69, 9.17) is 13.9 Å². The van der Waals surface area contributed by atoms with E-state index in [1.807, 2.05) is 24.3 Å². The minimum Gasteiger partial charge on any atom is -0.451 e. The SMILES string of the molecule is COCc1c(C(=O)NCC(C)(C)N2CCOCC2)oc2ccccc12. The van der Waals surface area contributed by atoms with Gasteiger partial charge >= 0.3 is 0 Å². The molecule has 1 fully saturated rings. The Morgan fingerprint density at radius 2 is 2.00 bits per heavy atom. The molecule has 6 nitrogen and oxygen atoms in total. The van der Waals surface area contributed by atoms with Crippen molar-refractivity contribution in [1.29, 1.82) is 0 Å². The molecule has 1 aliphatic heterocycles. The topological polar surface area (TPSA) is 63.9 Å². The van der Waals surface area contributed by atoms with Crippen LogP contribution in [0.25, 0.3) is 11.0 Å². The summed E-state index contributed by atoms with van der Waals surface area (Å²) in [4.78, 5) is 15.1. The third kappa shape index (κ3) is 3.86. The summed E-state index contributed by atoms with van der Waals surface area (Å²) in [5.41, 5.74) is 1.35. The molecular formula is C19H26N2O4. The summed E-state index contributed by atoms with van der Waals surface area (Å²) < 4.78 is 16.5. The zero-order chi connectivity index (χ0) is 17.9. The van der Waals surface area contributed by atoms with Crippen LogP contribution < -0.4 is 5.32 Å². The number of carbonyl (C=O) groups is 1. The minimum absolute atomic E-state index is 0.146. The van der Waals surface area contributed by atoms with Gasteiger partial charge in [0.05, 0.1) is 19.8 Å². The van der Waals surface area contributed by atoms with Gasteiger partial charge in [-0.1, -0.05) is 18.2 Å². The second-order valence-corrected chi connectivity index (χ2v) is 6.93. The van der Waals surface area contributed by atoms with Crippen LogP contribution in [-0.4, -0.2) is 56.3 Å². The molecule has 1 aromatic carbocycles. The number of amides is 1. The van der Waals surface area contributed by atoms with Crippen molar-refractivity contribution in [3.63, 3.8) is 0 Å². The van der Waals surface area contributed by atoms with Crippen LogP contribution in [0.4, 0.5) is 0 Å². The van der Waals surface area contributed by atoms with Crippen LogP contribution in [-0.2, 0) is 16.1 Å². The Morgan fingerprint density at radius 1 is 1.28 bits per heavy atom. The maximum atomic E-state index is 12.7. The van der Waals surface area contributed by atoms with Gasteiger partial charge in [-0.25, -0.2) is 0 Å². The highest BCUT2D eigenvalue weighted by molar-refractivity contribution is 5.99. The fraction of sp³-hybridized carbons (Fsp3) is 0.526. The number of ether oxygens (including phenoxy) is 2. The first-order valence-electron chi connectivity index (χ1n) is 8.63. The van der Waals surface area contributed by atoms with Crippen molar-refractivity contribution in [2.24, 2.45) is 0 Å². The van der Waals surface area contributed by atoms with Crippen molar-refractivity contribution in [3.8, 4) is 0 Å². The lowest BCUT2D eigenvalue weighted by atomic mass is 10.0. The summed E-state index contributed by atoms with van der Waals surface area (Å²) in [6, 6.07) is 7.64. The highest BCUT2D eigenvalue weighted by atomic mass is 16.5. The van der Waals surface area contributed by atoms with E-state index in [0.717, 1.165) is 37.3 Å². The molecule has 0 bridgehead atoms. The molecule has 1 saturated heterocycles. The van der Waals surface area contributed by atoms with Crippen LogP contribution in [0, 0.1) is 0 Å². The van der Waals surface area contributed by atoms with E-state index in [-0.39, 0.29) is 11.4 Å². The number of para-hydroxylation sites is 1. The molecule has 0 aliphatic carbocycles. The van der Waals surface area contributed by atoms with Crippen LogP contribution in [0.2, 0.25) is 0 Å². The number of hydrogen-bond acceptors (Lipinski definition) is 5. The first-order chi connectivity index (χ1) is 12.0. The molecule has 3 rings (SSSR count). The molecule has 136 valence electrons. The van der Waals surface area contributed by atoms with E-state index in [2.05, 4.69) is 24.1 Å². The number of methoxy groups -OCH3 is 1. The highest BCUT2D eigenvalue weighted by Gasteiger charge is 2.29. The molecule has 0 spiro atoms. The lowest BCUT2D eigenvalue weighted by molar-refractivity contribution is -0.00930. The molecule has 1 aromatic heterocycles. The van der Waals surface area contributed by atoms with E-state index in [1.54, 1.807) is 7.11 Å². The summed E-state index contributed by atoms with van der Waals surface area (Å²) >= 11 is 0. The summed E-state index contributed by atoms with van der Waals surface area (Å²) in [5, 5.41) is 3.94. The Hall–Kier alpha value is -1.89. The predicted molar refractivity (Wildman–Crippen MR) is 95.7 cm³/mol. The summed E-state index contributed by atoms with van der Waals surface area (Å²) in [6.45, 7) is 8.37. The van der Waals surface area contributed by atoms with Crippen molar-refractivity contribution in [2.45, 2.75) is 26.0 Å². The number of hydrogen-bond donors (Lipinski definition) is 1. The van der Waals surface area contributed by atoms with Gasteiger partial charge in [0, 0.05) is 43.2 Å². The van der Waals surface area contributed by atoms with Crippen LogP contribution >= 0.6 is 0 Å². The van der Waals surface area contributed by atoms with Gasteiger partial charge in [0.1, 0.15) is 5.58 Å². The first kappa shape index (κ1) is 17.9. The Balaban J connectivity index is 1.74. The number of nitrogens with zero attached hydrogens (tertiary/aromatic N) is 1.